The van der Waals surface area contributed by atoms with Crippen LogP contribution in [0.3, 0.4) is 0 Å². The minimum atomic E-state index is -0.975. The minimum Gasteiger partial charge on any atom is -0.488 e. The van der Waals surface area contributed by atoms with Crippen molar-refractivity contribution in [1.29, 1.82) is 0 Å². The Kier molecular flexibility index (Phi) is 4.38. The molecule has 4 nitrogen and oxygen atoms in total. The SMILES string of the molecule is O=C(O)/C=C/c1cc(OC2CCOC2)ccc1Br. The van der Waals surface area contributed by atoms with Crippen LogP contribution in [0.1, 0.15) is 12.0 Å². The molecule has 96 valence electrons. The molecular weight excluding hydrogens is 300 g/mol. The Labute approximate surface area is 113 Å². The zero-order chi connectivity index (χ0) is 13.0. The molecule has 1 aliphatic rings. The molecule has 0 bridgehead atoms. The van der Waals surface area contributed by atoms with Crippen LogP contribution < -0.4 is 4.74 Å². The van der Waals surface area contributed by atoms with E-state index >= 15 is 0 Å². The second kappa shape index (κ2) is 6.02. The molecule has 1 unspecified atom stereocenters. The average molecular weight is 313 g/mol. The first kappa shape index (κ1) is 13.1. The van der Waals surface area contributed by atoms with Crippen molar-refractivity contribution in [2.45, 2.75) is 12.5 Å². The lowest BCUT2D eigenvalue weighted by atomic mass is 10.2. The summed E-state index contributed by atoms with van der Waals surface area (Å²) in [5.74, 6) is -0.254. The second-order valence-corrected chi connectivity index (χ2v) is 4.81. The lowest BCUT2D eigenvalue weighted by molar-refractivity contribution is -0.131. The third kappa shape index (κ3) is 3.58. The number of hydrogen-bond donors (Lipinski definition) is 1. The van der Waals surface area contributed by atoms with Crippen molar-refractivity contribution in [2.75, 3.05) is 13.2 Å². The van der Waals surface area contributed by atoms with Gasteiger partial charge < -0.3 is 14.6 Å². The van der Waals surface area contributed by atoms with E-state index in [1.165, 1.54) is 6.08 Å². The summed E-state index contributed by atoms with van der Waals surface area (Å²) in [6, 6.07) is 5.50. The largest absolute Gasteiger partial charge is 0.488 e. The molecule has 5 heteroatoms. The van der Waals surface area contributed by atoms with Gasteiger partial charge in [-0.15, -0.1) is 0 Å². The maximum absolute atomic E-state index is 10.5. The number of halogens is 1. The average Bonchev–Trinajstić information content (AvgIpc) is 2.82. The fourth-order valence-corrected chi connectivity index (χ4v) is 2.06. The van der Waals surface area contributed by atoms with Crippen LogP contribution in [-0.4, -0.2) is 30.4 Å². The number of carboxylic acid groups (broad SMARTS) is 1. The van der Waals surface area contributed by atoms with Gasteiger partial charge in [-0.3, -0.25) is 0 Å². The molecule has 0 aliphatic carbocycles. The maximum Gasteiger partial charge on any atom is 0.328 e. The zero-order valence-electron chi connectivity index (χ0n) is 9.64. The number of carbonyl (C=O) groups is 1. The van der Waals surface area contributed by atoms with E-state index in [9.17, 15) is 4.79 Å². The van der Waals surface area contributed by atoms with Crippen molar-refractivity contribution in [3.63, 3.8) is 0 Å². The van der Waals surface area contributed by atoms with Gasteiger partial charge in [0, 0.05) is 17.0 Å². The molecule has 1 aromatic rings. The summed E-state index contributed by atoms with van der Waals surface area (Å²) >= 11 is 3.37. The Morgan fingerprint density at radius 3 is 3.06 bits per heavy atom. The van der Waals surface area contributed by atoms with Gasteiger partial charge in [0.2, 0.25) is 0 Å². The number of aliphatic carboxylic acids is 1. The predicted molar refractivity (Wildman–Crippen MR) is 70.7 cm³/mol. The topological polar surface area (TPSA) is 55.8 Å². The molecule has 0 saturated carbocycles. The van der Waals surface area contributed by atoms with Gasteiger partial charge in [-0.05, 0) is 29.8 Å². The summed E-state index contributed by atoms with van der Waals surface area (Å²) in [6.45, 7) is 1.34. The van der Waals surface area contributed by atoms with E-state index in [4.69, 9.17) is 14.6 Å². The molecule has 1 atom stereocenters. The summed E-state index contributed by atoms with van der Waals surface area (Å²) in [7, 11) is 0. The third-order valence-electron chi connectivity index (χ3n) is 2.56. The van der Waals surface area contributed by atoms with Crippen LogP contribution in [0.5, 0.6) is 5.75 Å². The van der Waals surface area contributed by atoms with E-state index in [0.29, 0.717) is 6.61 Å². The maximum atomic E-state index is 10.5. The Hall–Kier alpha value is -1.33. The highest BCUT2D eigenvalue weighted by molar-refractivity contribution is 9.10. The van der Waals surface area contributed by atoms with Gasteiger partial charge in [0.25, 0.3) is 0 Å². The quantitative estimate of drug-likeness (QED) is 0.869. The van der Waals surface area contributed by atoms with Crippen LogP contribution in [0.4, 0.5) is 0 Å². The number of benzene rings is 1. The summed E-state index contributed by atoms with van der Waals surface area (Å²) in [4.78, 5) is 10.5. The predicted octanol–water partition coefficient (Wildman–Crippen LogP) is 2.71. The van der Waals surface area contributed by atoms with Crippen molar-refractivity contribution in [3.05, 3.63) is 34.3 Å². The van der Waals surface area contributed by atoms with E-state index in [2.05, 4.69) is 15.9 Å². The van der Waals surface area contributed by atoms with Crippen LogP contribution >= 0.6 is 15.9 Å². The number of rotatable bonds is 4. The molecule has 1 fully saturated rings. The number of carboxylic acids is 1. The van der Waals surface area contributed by atoms with E-state index in [1.54, 1.807) is 0 Å². The molecule has 0 aromatic heterocycles. The Balaban J connectivity index is 2.12. The van der Waals surface area contributed by atoms with Gasteiger partial charge in [-0.2, -0.15) is 0 Å². The highest BCUT2D eigenvalue weighted by Crippen LogP contribution is 2.25. The molecule has 1 saturated heterocycles. The number of hydrogen-bond acceptors (Lipinski definition) is 3. The smallest absolute Gasteiger partial charge is 0.328 e. The second-order valence-electron chi connectivity index (χ2n) is 3.96. The first-order valence-electron chi connectivity index (χ1n) is 5.60. The molecule has 2 rings (SSSR count). The van der Waals surface area contributed by atoms with Crippen LogP contribution in [0.25, 0.3) is 6.08 Å². The Morgan fingerprint density at radius 1 is 1.56 bits per heavy atom. The van der Waals surface area contributed by atoms with Crippen molar-refractivity contribution >= 4 is 28.0 Å². The third-order valence-corrected chi connectivity index (χ3v) is 3.29. The molecule has 18 heavy (non-hydrogen) atoms. The lowest BCUT2D eigenvalue weighted by Crippen LogP contribution is -2.15. The van der Waals surface area contributed by atoms with Crippen LogP contribution in [0, 0.1) is 0 Å². The van der Waals surface area contributed by atoms with Crippen LogP contribution in [0.2, 0.25) is 0 Å². The Bertz CT molecular complexity index is 464. The molecule has 1 N–H and O–H groups in total. The first-order chi connectivity index (χ1) is 8.65. The molecule has 1 aliphatic heterocycles. The van der Waals surface area contributed by atoms with Gasteiger partial charge in [0.05, 0.1) is 13.2 Å². The van der Waals surface area contributed by atoms with E-state index in [0.717, 1.165) is 34.9 Å². The summed E-state index contributed by atoms with van der Waals surface area (Å²) in [6.07, 6.45) is 3.60. The fraction of sp³-hybridized carbons (Fsp3) is 0.308. The first-order valence-corrected chi connectivity index (χ1v) is 6.39. The van der Waals surface area contributed by atoms with Gasteiger partial charge in [-0.25, -0.2) is 4.79 Å². The van der Waals surface area contributed by atoms with E-state index in [1.807, 2.05) is 18.2 Å². The van der Waals surface area contributed by atoms with Crippen molar-refractivity contribution in [1.82, 2.24) is 0 Å². The van der Waals surface area contributed by atoms with Crippen LogP contribution in [-0.2, 0) is 9.53 Å². The molecule has 0 amide bonds. The van der Waals surface area contributed by atoms with Crippen molar-refractivity contribution in [2.24, 2.45) is 0 Å². The molecular formula is C13H13BrO4. The zero-order valence-corrected chi connectivity index (χ0v) is 11.2. The Morgan fingerprint density at radius 2 is 2.39 bits per heavy atom. The molecule has 1 aromatic carbocycles. The van der Waals surface area contributed by atoms with Crippen LogP contribution in [0.15, 0.2) is 28.7 Å². The van der Waals surface area contributed by atoms with Gasteiger partial charge in [0.15, 0.2) is 0 Å². The van der Waals surface area contributed by atoms with Gasteiger partial charge >= 0.3 is 5.97 Å². The van der Waals surface area contributed by atoms with Gasteiger partial charge in [0.1, 0.15) is 11.9 Å². The summed E-state index contributed by atoms with van der Waals surface area (Å²) < 4.78 is 11.8. The minimum absolute atomic E-state index is 0.0856. The van der Waals surface area contributed by atoms with Gasteiger partial charge in [-0.1, -0.05) is 15.9 Å². The number of ether oxygens (including phenoxy) is 2. The highest BCUT2D eigenvalue weighted by Gasteiger charge is 2.17. The lowest BCUT2D eigenvalue weighted by Gasteiger charge is -2.12. The molecule has 0 radical (unpaired) electrons. The normalized spacial score (nSPS) is 19.3. The van der Waals surface area contributed by atoms with E-state index < -0.39 is 5.97 Å². The molecule has 1 heterocycles. The highest BCUT2D eigenvalue weighted by atomic mass is 79.9. The summed E-state index contributed by atoms with van der Waals surface area (Å²) in [5.41, 5.74) is 0.772. The summed E-state index contributed by atoms with van der Waals surface area (Å²) in [5, 5.41) is 8.61. The molecule has 0 spiro atoms. The van der Waals surface area contributed by atoms with E-state index in [-0.39, 0.29) is 6.10 Å². The standard InChI is InChI=1S/C13H13BrO4/c14-12-3-2-10(18-11-5-6-17-8-11)7-9(12)1-4-13(15)16/h1-4,7,11H,5-6,8H2,(H,15,16)/b4-1+. The monoisotopic (exact) mass is 312 g/mol. The fourth-order valence-electron chi connectivity index (χ4n) is 1.68. The van der Waals surface area contributed by atoms with Crippen molar-refractivity contribution in [3.8, 4) is 5.75 Å². The van der Waals surface area contributed by atoms with Crippen molar-refractivity contribution < 1.29 is 19.4 Å².